The first-order valence-electron chi connectivity index (χ1n) is 7.32. The van der Waals surface area contributed by atoms with Gasteiger partial charge in [-0.1, -0.05) is 24.3 Å². The third kappa shape index (κ3) is 3.32. The molecule has 7 heteroatoms. The van der Waals surface area contributed by atoms with Crippen molar-refractivity contribution in [3.05, 3.63) is 74.7 Å². The number of hydrogen-bond donors (Lipinski definition) is 1. The fourth-order valence-electron chi connectivity index (χ4n) is 2.52. The van der Waals surface area contributed by atoms with Crippen molar-refractivity contribution in [2.45, 2.75) is 0 Å². The molecule has 6 nitrogen and oxygen atoms in total. The van der Waals surface area contributed by atoms with Crippen LogP contribution in [0.25, 0.3) is 10.8 Å². The van der Waals surface area contributed by atoms with E-state index in [4.69, 9.17) is 4.74 Å². The summed E-state index contributed by atoms with van der Waals surface area (Å²) in [5.41, 5.74) is 0.789. The maximum absolute atomic E-state index is 12.7. The molecule has 3 rings (SSSR count). The molecule has 0 unspecified atom stereocenters. The third-order valence-electron chi connectivity index (χ3n) is 3.73. The Bertz CT molecular complexity index is 971. The van der Waals surface area contributed by atoms with Crippen molar-refractivity contribution >= 4 is 44.0 Å². The number of methoxy groups -OCH3 is 1. The van der Waals surface area contributed by atoms with E-state index in [1.165, 1.54) is 31.4 Å². The number of ether oxygens (including phenoxy) is 1. The summed E-state index contributed by atoms with van der Waals surface area (Å²) in [4.78, 5) is 22.9. The van der Waals surface area contributed by atoms with E-state index in [0.717, 1.165) is 10.8 Å². The van der Waals surface area contributed by atoms with Crippen LogP contribution in [-0.4, -0.2) is 17.9 Å². The number of nitrogens with zero attached hydrogens (tertiary/aromatic N) is 1. The predicted molar refractivity (Wildman–Crippen MR) is 99.2 cm³/mol. The second kappa shape index (κ2) is 6.90. The number of anilines is 1. The summed E-state index contributed by atoms with van der Waals surface area (Å²) in [6.07, 6.45) is 0. The first-order chi connectivity index (χ1) is 12.0. The highest BCUT2D eigenvalue weighted by molar-refractivity contribution is 9.10. The van der Waals surface area contributed by atoms with Crippen molar-refractivity contribution in [1.82, 2.24) is 0 Å². The monoisotopic (exact) mass is 400 g/mol. The van der Waals surface area contributed by atoms with Gasteiger partial charge >= 0.3 is 0 Å². The largest absolute Gasteiger partial charge is 0.495 e. The zero-order chi connectivity index (χ0) is 18.0. The highest BCUT2D eigenvalue weighted by Gasteiger charge is 2.18. The molecule has 1 amide bonds. The highest BCUT2D eigenvalue weighted by Crippen LogP contribution is 2.36. The Morgan fingerprint density at radius 2 is 1.84 bits per heavy atom. The lowest BCUT2D eigenvalue weighted by atomic mass is 10.1. The van der Waals surface area contributed by atoms with Gasteiger partial charge in [0.25, 0.3) is 11.6 Å². The number of carbonyl (C=O) groups is 1. The molecule has 0 saturated heterocycles. The molecule has 0 bridgehead atoms. The lowest BCUT2D eigenvalue weighted by Gasteiger charge is -2.13. The first-order valence-corrected chi connectivity index (χ1v) is 8.11. The zero-order valence-corrected chi connectivity index (χ0v) is 14.7. The molecule has 0 saturated carbocycles. The van der Waals surface area contributed by atoms with Crippen molar-refractivity contribution in [3.8, 4) is 5.75 Å². The van der Waals surface area contributed by atoms with E-state index in [1.54, 1.807) is 6.07 Å². The summed E-state index contributed by atoms with van der Waals surface area (Å²) >= 11 is 3.49. The summed E-state index contributed by atoms with van der Waals surface area (Å²) in [5, 5.41) is 15.3. The molecule has 1 N–H and O–H groups in total. The molecule has 0 aliphatic carbocycles. The molecule has 0 aliphatic rings. The topological polar surface area (TPSA) is 81.5 Å². The number of carbonyl (C=O) groups excluding carboxylic acids is 1. The number of hydrogen-bond acceptors (Lipinski definition) is 4. The minimum atomic E-state index is -0.491. The van der Waals surface area contributed by atoms with Crippen LogP contribution in [0.2, 0.25) is 0 Å². The van der Waals surface area contributed by atoms with Crippen LogP contribution in [0.1, 0.15) is 10.4 Å². The molecule has 0 heterocycles. The molecular weight excluding hydrogens is 388 g/mol. The molecule has 0 aliphatic heterocycles. The van der Waals surface area contributed by atoms with Gasteiger partial charge in [-0.15, -0.1) is 0 Å². The molecule has 126 valence electrons. The van der Waals surface area contributed by atoms with Gasteiger partial charge in [-0.05, 0) is 44.9 Å². The number of fused-ring (bicyclic) bond motifs is 1. The van der Waals surface area contributed by atoms with Gasteiger partial charge in [-0.2, -0.15) is 0 Å². The molecule has 3 aromatic carbocycles. The average Bonchev–Trinajstić information content (AvgIpc) is 2.62. The molecule has 25 heavy (non-hydrogen) atoms. The first kappa shape index (κ1) is 16.9. The van der Waals surface area contributed by atoms with Gasteiger partial charge in [0.15, 0.2) is 0 Å². The third-order valence-corrected chi connectivity index (χ3v) is 4.51. The van der Waals surface area contributed by atoms with Crippen molar-refractivity contribution in [2.75, 3.05) is 12.4 Å². The van der Waals surface area contributed by atoms with Crippen LogP contribution >= 0.6 is 15.9 Å². The van der Waals surface area contributed by atoms with Crippen LogP contribution in [0.15, 0.2) is 59.1 Å². The van der Waals surface area contributed by atoms with Gasteiger partial charge in [0.2, 0.25) is 0 Å². The van der Waals surface area contributed by atoms with Crippen LogP contribution in [0.4, 0.5) is 11.4 Å². The Hall–Kier alpha value is -2.93. The van der Waals surface area contributed by atoms with Crippen molar-refractivity contribution in [1.29, 1.82) is 0 Å². The zero-order valence-electron chi connectivity index (χ0n) is 13.2. The Morgan fingerprint density at radius 1 is 1.16 bits per heavy atom. The normalized spacial score (nSPS) is 10.5. The number of non-ortho nitro benzene ring substituents is 1. The van der Waals surface area contributed by atoms with Crippen LogP contribution in [-0.2, 0) is 0 Å². The number of rotatable bonds is 4. The van der Waals surface area contributed by atoms with E-state index in [9.17, 15) is 14.9 Å². The molecule has 0 atom stereocenters. The number of nitro groups is 1. The lowest BCUT2D eigenvalue weighted by molar-refractivity contribution is -0.384. The van der Waals surface area contributed by atoms with E-state index in [2.05, 4.69) is 21.2 Å². The highest BCUT2D eigenvalue weighted by atomic mass is 79.9. The Balaban J connectivity index is 1.97. The fourth-order valence-corrected chi connectivity index (χ4v) is 3.25. The van der Waals surface area contributed by atoms with E-state index in [0.29, 0.717) is 21.5 Å². The van der Waals surface area contributed by atoms with E-state index in [1.807, 2.05) is 24.3 Å². The van der Waals surface area contributed by atoms with E-state index < -0.39 is 4.92 Å². The van der Waals surface area contributed by atoms with Gasteiger partial charge in [-0.3, -0.25) is 14.9 Å². The molecule has 0 aromatic heterocycles. The van der Waals surface area contributed by atoms with Crippen molar-refractivity contribution in [3.63, 3.8) is 0 Å². The van der Waals surface area contributed by atoms with Crippen molar-refractivity contribution < 1.29 is 14.5 Å². The molecule has 3 aromatic rings. The quantitative estimate of drug-likeness (QED) is 0.504. The number of benzene rings is 3. The summed E-state index contributed by atoms with van der Waals surface area (Å²) in [5.74, 6) is 0.0651. The maximum atomic E-state index is 12.7. The van der Waals surface area contributed by atoms with Gasteiger partial charge in [0.05, 0.1) is 22.1 Å². The molecule has 0 fully saturated rings. The van der Waals surface area contributed by atoms with Crippen LogP contribution < -0.4 is 10.1 Å². The van der Waals surface area contributed by atoms with Gasteiger partial charge in [0, 0.05) is 17.8 Å². The van der Waals surface area contributed by atoms with Crippen LogP contribution in [0.5, 0.6) is 5.75 Å². The number of nitrogens with one attached hydrogen (secondary N) is 1. The van der Waals surface area contributed by atoms with Crippen molar-refractivity contribution in [2.24, 2.45) is 0 Å². The van der Waals surface area contributed by atoms with Gasteiger partial charge in [-0.25, -0.2) is 0 Å². The molecular formula is C18H13BrN2O4. The number of nitro benzene ring substituents is 1. The van der Waals surface area contributed by atoms with Gasteiger partial charge < -0.3 is 10.1 Å². The second-order valence-corrected chi connectivity index (χ2v) is 6.04. The maximum Gasteiger partial charge on any atom is 0.269 e. The standard InChI is InChI=1S/C18H13BrN2O4/c1-25-17-15(10-11-4-2-3-5-14(11)16(17)19)18(22)20-12-6-8-13(9-7-12)21(23)24/h2-10H,1H3,(H,20,22). The summed E-state index contributed by atoms with van der Waals surface area (Å²) in [7, 11) is 1.50. The SMILES string of the molecule is COc1c(C(=O)Nc2ccc([N+](=O)[O-])cc2)cc2ccccc2c1Br. The Morgan fingerprint density at radius 3 is 2.48 bits per heavy atom. The average molecular weight is 401 g/mol. The minimum Gasteiger partial charge on any atom is -0.495 e. The number of amides is 1. The van der Waals surface area contributed by atoms with Crippen LogP contribution in [0, 0.1) is 10.1 Å². The predicted octanol–water partition coefficient (Wildman–Crippen LogP) is 4.77. The molecule has 0 radical (unpaired) electrons. The van der Waals surface area contributed by atoms with E-state index in [-0.39, 0.29) is 11.6 Å². The lowest BCUT2D eigenvalue weighted by Crippen LogP contribution is -2.13. The minimum absolute atomic E-state index is 0.0379. The van der Waals surface area contributed by atoms with Crippen LogP contribution in [0.3, 0.4) is 0 Å². The Kier molecular flexibility index (Phi) is 4.67. The summed E-state index contributed by atoms with van der Waals surface area (Å²) in [6.45, 7) is 0. The fraction of sp³-hybridized carbons (Fsp3) is 0.0556. The molecule has 0 spiro atoms. The van der Waals surface area contributed by atoms with Gasteiger partial charge in [0.1, 0.15) is 5.75 Å². The summed E-state index contributed by atoms with van der Waals surface area (Å²) < 4.78 is 6.09. The smallest absolute Gasteiger partial charge is 0.269 e. The second-order valence-electron chi connectivity index (χ2n) is 5.25. The van der Waals surface area contributed by atoms with E-state index >= 15 is 0 Å². The number of halogens is 1. The Labute approximate surface area is 151 Å². The summed E-state index contributed by atoms with van der Waals surface area (Å²) in [6, 6.07) is 15.0.